The van der Waals surface area contributed by atoms with E-state index < -0.39 is 0 Å². The van der Waals surface area contributed by atoms with Gasteiger partial charge >= 0.3 is 0 Å². The molecule has 0 atom stereocenters. The summed E-state index contributed by atoms with van der Waals surface area (Å²) in [5.41, 5.74) is 5.45. The number of nitrogens with two attached hydrogens (primary N) is 1. The fraction of sp³-hybridized carbons (Fsp3) is 0.889. The molecular formula is C9H19N3. The van der Waals surface area contributed by atoms with Crippen LogP contribution in [0.25, 0.3) is 0 Å². The molecule has 0 aromatic carbocycles. The number of rotatable bonds is 0. The van der Waals surface area contributed by atoms with Crippen LogP contribution in [0.2, 0.25) is 0 Å². The fourth-order valence-electron chi connectivity index (χ4n) is 1.67. The zero-order valence-electron chi connectivity index (χ0n) is 7.68. The Bertz CT molecular complexity index is 135. The number of hydrogen-bond acceptors (Lipinski definition) is 1. The van der Waals surface area contributed by atoms with Crippen molar-refractivity contribution < 1.29 is 0 Å². The highest BCUT2D eigenvalue weighted by atomic mass is 15.2. The summed E-state index contributed by atoms with van der Waals surface area (Å²) in [6.45, 7) is 1.96. The Morgan fingerprint density at radius 3 is 1.75 bits per heavy atom. The maximum atomic E-state index is 7.33. The summed E-state index contributed by atoms with van der Waals surface area (Å²) in [4.78, 5) is 1.99. The molecule has 0 spiro atoms. The lowest BCUT2D eigenvalue weighted by molar-refractivity contribution is 0.399. The van der Waals surface area contributed by atoms with Crippen LogP contribution in [0.1, 0.15) is 38.5 Å². The molecule has 3 nitrogen and oxygen atoms in total. The average Bonchev–Trinajstić information content (AvgIpc) is 2.15. The van der Waals surface area contributed by atoms with Gasteiger partial charge in [-0.25, -0.2) is 0 Å². The smallest absolute Gasteiger partial charge is 0.188 e. The van der Waals surface area contributed by atoms with Crippen LogP contribution in [0.15, 0.2) is 0 Å². The van der Waals surface area contributed by atoms with Crippen LogP contribution in [0, 0.1) is 5.41 Å². The SMILES string of the molecule is N=C(N)N1CCCCCCCC1. The Morgan fingerprint density at radius 1 is 0.917 bits per heavy atom. The molecule has 1 saturated heterocycles. The second-order valence-electron chi connectivity index (χ2n) is 3.49. The topological polar surface area (TPSA) is 53.1 Å². The highest BCUT2D eigenvalue weighted by Gasteiger charge is 2.07. The molecule has 0 aromatic rings. The second kappa shape index (κ2) is 5.01. The molecule has 1 aliphatic rings. The van der Waals surface area contributed by atoms with Gasteiger partial charge < -0.3 is 10.6 Å². The minimum Gasteiger partial charge on any atom is -0.370 e. The Hall–Kier alpha value is -0.730. The highest BCUT2D eigenvalue weighted by molar-refractivity contribution is 5.74. The molecular weight excluding hydrogens is 150 g/mol. The number of guanidine groups is 1. The van der Waals surface area contributed by atoms with E-state index in [1.54, 1.807) is 0 Å². The van der Waals surface area contributed by atoms with Gasteiger partial charge in [0.2, 0.25) is 0 Å². The van der Waals surface area contributed by atoms with Crippen LogP contribution in [0.5, 0.6) is 0 Å². The molecule has 1 aliphatic heterocycles. The van der Waals surface area contributed by atoms with Gasteiger partial charge in [-0.3, -0.25) is 5.41 Å². The normalized spacial score (nSPS) is 20.8. The van der Waals surface area contributed by atoms with Crippen molar-refractivity contribution in [1.29, 1.82) is 5.41 Å². The van der Waals surface area contributed by atoms with Crippen LogP contribution in [0.4, 0.5) is 0 Å². The first-order valence-corrected chi connectivity index (χ1v) is 4.89. The van der Waals surface area contributed by atoms with E-state index in [4.69, 9.17) is 11.1 Å². The Morgan fingerprint density at radius 2 is 1.33 bits per heavy atom. The molecule has 12 heavy (non-hydrogen) atoms. The molecule has 0 radical (unpaired) electrons. The third-order valence-electron chi connectivity index (χ3n) is 2.45. The Kier molecular flexibility index (Phi) is 3.91. The van der Waals surface area contributed by atoms with E-state index in [0.29, 0.717) is 0 Å². The van der Waals surface area contributed by atoms with Crippen molar-refractivity contribution in [1.82, 2.24) is 4.90 Å². The third-order valence-corrected chi connectivity index (χ3v) is 2.45. The van der Waals surface area contributed by atoms with E-state index in [9.17, 15) is 0 Å². The standard InChI is InChI=1S/C9H19N3/c10-9(11)12-7-5-3-1-2-4-6-8-12/h1-8H2,(H3,10,11). The molecule has 0 amide bonds. The van der Waals surface area contributed by atoms with E-state index in [2.05, 4.69) is 0 Å². The lowest BCUT2D eigenvalue weighted by Gasteiger charge is -2.21. The molecule has 3 heteroatoms. The van der Waals surface area contributed by atoms with E-state index in [0.717, 1.165) is 13.1 Å². The first-order chi connectivity index (χ1) is 5.80. The molecule has 0 unspecified atom stereocenters. The third kappa shape index (κ3) is 3.11. The summed E-state index contributed by atoms with van der Waals surface area (Å²) < 4.78 is 0. The molecule has 0 aliphatic carbocycles. The van der Waals surface area contributed by atoms with Crippen molar-refractivity contribution >= 4 is 5.96 Å². The first kappa shape index (κ1) is 9.36. The lowest BCUT2D eigenvalue weighted by atomic mass is 10.1. The van der Waals surface area contributed by atoms with Crippen molar-refractivity contribution in [2.24, 2.45) is 5.73 Å². The van der Waals surface area contributed by atoms with E-state index in [1.807, 2.05) is 4.90 Å². The van der Waals surface area contributed by atoms with Gasteiger partial charge in [0.25, 0.3) is 0 Å². The molecule has 0 saturated carbocycles. The maximum Gasteiger partial charge on any atom is 0.188 e. The quantitative estimate of drug-likeness (QED) is 0.427. The van der Waals surface area contributed by atoms with Crippen LogP contribution in [0.3, 0.4) is 0 Å². The molecule has 1 rings (SSSR count). The lowest BCUT2D eigenvalue weighted by Crippen LogP contribution is -2.37. The van der Waals surface area contributed by atoms with Crippen LogP contribution < -0.4 is 5.73 Å². The first-order valence-electron chi connectivity index (χ1n) is 4.89. The van der Waals surface area contributed by atoms with Gasteiger partial charge in [0.05, 0.1) is 0 Å². The Balaban J connectivity index is 2.33. The van der Waals surface area contributed by atoms with Gasteiger partial charge in [-0.1, -0.05) is 25.7 Å². The van der Waals surface area contributed by atoms with Crippen LogP contribution >= 0.6 is 0 Å². The fourth-order valence-corrected chi connectivity index (χ4v) is 1.67. The minimum atomic E-state index is 0.247. The van der Waals surface area contributed by atoms with Crippen molar-refractivity contribution in [3.63, 3.8) is 0 Å². The van der Waals surface area contributed by atoms with E-state index >= 15 is 0 Å². The highest BCUT2D eigenvalue weighted by Crippen LogP contribution is 2.10. The zero-order valence-corrected chi connectivity index (χ0v) is 7.68. The molecule has 70 valence electrons. The number of nitrogens with one attached hydrogen (secondary N) is 1. The predicted octanol–water partition coefficient (Wildman–Crippen LogP) is 1.54. The van der Waals surface area contributed by atoms with Gasteiger partial charge in [-0.05, 0) is 12.8 Å². The van der Waals surface area contributed by atoms with Crippen molar-refractivity contribution in [2.75, 3.05) is 13.1 Å². The summed E-state index contributed by atoms with van der Waals surface area (Å²) in [7, 11) is 0. The molecule has 1 heterocycles. The van der Waals surface area contributed by atoms with Gasteiger partial charge in [-0.15, -0.1) is 0 Å². The van der Waals surface area contributed by atoms with Crippen molar-refractivity contribution in [3.05, 3.63) is 0 Å². The molecule has 1 fully saturated rings. The summed E-state index contributed by atoms with van der Waals surface area (Å²) in [5, 5.41) is 7.33. The van der Waals surface area contributed by atoms with Crippen molar-refractivity contribution in [2.45, 2.75) is 38.5 Å². The summed E-state index contributed by atoms with van der Waals surface area (Å²) in [6, 6.07) is 0. The predicted molar refractivity (Wildman–Crippen MR) is 51.2 cm³/mol. The molecule has 3 N–H and O–H groups in total. The molecule has 0 bridgehead atoms. The summed E-state index contributed by atoms with van der Waals surface area (Å²) >= 11 is 0. The van der Waals surface area contributed by atoms with E-state index in [1.165, 1.54) is 38.5 Å². The van der Waals surface area contributed by atoms with Crippen LogP contribution in [-0.4, -0.2) is 23.9 Å². The van der Waals surface area contributed by atoms with Gasteiger partial charge in [0.1, 0.15) is 0 Å². The van der Waals surface area contributed by atoms with Crippen LogP contribution in [-0.2, 0) is 0 Å². The summed E-state index contributed by atoms with van der Waals surface area (Å²) in [6.07, 6.45) is 7.68. The van der Waals surface area contributed by atoms with Gasteiger partial charge in [-0.2, -0.15) is 0 Å². The second-order valence-corrected chi connectivity index (χ2v) is 3.49. The number of nitrogens with zero attached hydrogens (tertiary/aromatic N) is 1. The van der Waals surface area contributed by atoms with E-state index in [-0.39, 0.29) is 5.96 Å². The molecule has 0 aromatic heterocycles. The van der Waals surface area contributed by atoms with Gasteiger partial charge in [0, 0.05) is 13.1 Å². The number of hydrogen-bond donors (Lipinski definition) is 2. The zero-order chi connectivity index (χ0) is 8.81. The van der Waals surface area contributed by atoms with Crippen molar-refractivity contribution in [3.8, 4) is 0 Å². The summed E-state index contributed by atoms with van der Waals surface area (Å²) in [5.74, 6) is 0.247. The maximum absolute atomic E-state index is 7.33. The monoisotopic (exact) mass is 169 g/mol. The Labute approximate surface area is 74.4 Å². The largest absolute Gasteiger partial charge is 0.370 e. The average molecular weight is 169 g/mol. The van der Waals surface area contributed by atoms with Gasteiger partial charge in [0.15, 0.2) is 5.96 Å². The minimum absolute atomic E-state index is 0.247.